The molecule has 1 rings (SSSR count). The maximum absolute atomic E-state index is 14.2. The number of rotatable bonds is 39. The third kappa shape index (κ3) is 30.0. The first-order chi connectivity index (χ1) is 30.0. The van der Waals surface area contributed by atoms with Crippen LogP contribution in [0.25, 0.3) is 0 Å². The number of hydrogen-bond acceptors (Lipinski definition) is 19. The summed E-state index contributed by atoms with van der Waals surface area (Å²) in [5, 5.41) is 13.1. The second-order valence-electron chi connectivity index (χ2n) is 13.4. The molecular formula is C35H70N9O17P. The standard InChI is InChI=1S/C35H70N9O17P/c1-2-62(50,51)61-29-5-3-28(4-6-29)33(47)43-30(25-42-35(49)41-9-12-54-15-18-57-21-24-60-38)34(48)44(26-31(45)39-7-10-52-13-16-55-19-22-58-36)27-32(46)40-8-11-53-14-17-56-20-23-59-37/h28-30H,2-27,36-38H2,1H3,(H,39,45)(H,40,46)(H,43,47)(H,50,51)(H2,41,42,49). The molecule has 1 aliphatic rings. The second-order valence-corrected chi connectivity index (χ2v) is 15.5. The molecule has 0 bridgehead atoms. The van der Waals surface area contributed by atoms with Crippen molar-refractivity contribution in [2.75, 3.05) is 145 Å². The monoisotopic (exact) mass is 919 g/mol. The second kappa shape index (κ2) is 37.2. The Morgan fingerprint density at radius 2 is 1.02 bits per heavy atom. The van der Waals surface area contributed by atoms with Crippen LogP contribution < -0.4 is 44.3 Å². The van der Waals surface area contributed by atoms with E-state index in [1.54, 1.807) is 6.92 Å². The number of carbonyl (C=O) groups is 5. The number of amides is 6. The fraction of sp³-hybridized carbons (Fsp3) is 0.857. The van der Waals surface area contributed by atoms with Crippen LogP contribution in [0.15, 0.2) is 0 Å². The first kappa shape index (κ1) is 56.8. The van der Waals surface area contributed by atoms with Gasteiger partial charge in [-0.05, 0) is 25.7 Å². The molecule has 0 spiro atoms. The molecule has 0 aromatic heterocycles. The van der Waals surface area contributed by atoms with E-state index in [0.717, 1.165) is 4.90 Å². The Morgan fingerprint density at radius 1 is 0.613 bits per heavy atom. The Morgan fingerprint density at radius 3 is 1.44 bits per heavy atom. The van der Waals surface area contributed by atoms with Gasteiger partial charge >= 0.3 is 13.6 Å². The van der Waals surface area contributed by atoms with Crippen LogP contribution in [0, 0.1) is 5.92 Å². The summed E-state index contributed by atoms with van der Waals surface area (Å²) in [5.74, 6) is 11.6. The molecule has 0 aliphatic heterocycles. The van der Waals surface area contributed by atoms with Gasteiger partial charge in [0.25, 0.3) is 0 Å². The Bertz CT molecular complexity index is 1240. The molecule has 2 atom stereocenters. The lowest BCUT2D eigenvalue weighted by atomic mass is 9.86. The van der Waals surface area contributed by atoms with Gasteiger partial charge in [-0.15, -0.1) is 0 Å². The van der Waals surface area contributed by atoms with Crippen molar-refractivity contribution in [2.24, 2.45) is 23.6 Å². The van der Waals surface area contributed by atoms with Crippen molar-refractivity contribution in [3.05, 3.63) is 0 Å². The van der Waals surface area contributed by atoms with Crippen molar-refractivity contribution in [3.63, 3.8) is 0 Å². The molecule has 1 saturated carbocycles. The number of nitrogens with two attached hydrogens (primary N) is 3. The van der Waals surface area contributed by atoms with Crippen molar-refractivity contribution < 1.29 is 80.9 Å². The van der Waals surface area contributed by atoms with Crippen molar-refractivity contribution >= 4 is 37.3 Å². The largest absolute Gasteiger partial charge is 0.377 e. The fourth-order valence-electron chi connectivity index (χ4n) is 5.42. The quantitative estimate of drug-likeness (QED) is 0.0163. The molecule has 27 heteroatoms. The lowest BCUT2D eigenvalue weighted by Crippen LogP contribution is -2.58. The highest BCUT2D eigenvalue weighted by Gasteiger charge is 2.34. The molecule has 26 nitrogen and oxygen atoms in total. The number of ether oxygens (including phenoxy) is 6. The van der Waals surface area contributed by atoms with Gasteiger partial charge in [-0.1, -0.05) is 6.92 Å². The molecule has 0 saturated heterocycles. The molecule has 0 radical (unpaired) electrons. The predicted molar refractivity (Wildman–Crippen MR) is 218 cm³/mol. The normalized spacial score (nSPS) is 16.5. The summed E-state index contributed by atoms with van der Waals surface area (Å²) >= 11 is 0. The van der Waals surface area contributed by atoms with Crippen molar-refractivity contribution in [3.8, 4) is 0 Å². The highest BCUT2D eigenvalue weighted by atomic mass is 31.2. The highest BCUT2D eigenvalue weighted by Crippen LogP contribution is 2.45. The summed E-state index contributed by atoms with van der Waals surface area (Å²) < 4.78 is 49.5. The Balaban J connectivity index is 3.00. The van der Waals surface area contributed by atoms with Gasteiger partial charge in [0.05, 0.1) is 105 Å². The molecule has 1 fully saturated rings. The number of urea groups is 1. The lowest BCUT2D eigenvalue weighted by molar-refractivity contribution is -0.142. The van der Waals surface area contributed by atoms with E-state index in [-0.39, 0.29) is 118 Å². The number of nitrogens with zero attached hydrogens (tertiary/aromatic N) is 1. The minimum Gasteiger partial charge on any atom is -0.377 e. The molecule has 0 aromatic carbocycles. The minimum absolute atomic E-state index is 0.0521. The van der Waals surface area contributed by atoms with E-state index >= 15 is 0 Å². The topological polar surface area (TPSA) is 356 Å². The van der Waals surface area contributed by atoms with Crippen LogP contribution in [0.4, 0.5) is 4.79 Å². The SMILES string of the molecule is CCP(=O)(O)OC1CCC(C(=O)NC(CNC(=O)NCCOCCOCCON)C(=O)N(CC(=O)NCCOCCOCCON)CC(=O)NCCOCCOCCON)CC1. The summed E-state index contributed by atoms with van der Waals surface area (Å²) in [6.07, 6.45) is 0.667. The zero-order chi connectivity index (χ0) is 45.7. The summed E-state index contributed by atoms with van der Waals surface area (Å²) in [6.45, 7) is 3.62. The van der Waals surface area contributed by atoms with Gasteiger partial charge < -0.3 is 83.8 Å². The minimum atomic E-state index is -3.75. The maximum Gasteiger partial charge on any atom is 0.328 e. The van der Waals surface area contributed by atoms with E-state index < -0.39 is 75.0 Å². The van der Waals surface area contributed by atoms with Crippen LogP contribution in [-0.2, 0) is 71.2 Å². The van der Waals surface area contributed by atoms with Gasteiger partial charge in [0.2, 0.25) is 23.6 Å². The Labute approximate surface area is 362 Å². The zero-order valence-electron chi connectivity index (χ0n) is 35.7. The first-order valence-electron chi connectivity index (χ1n) is 20.5. The van der Waals surface area contributed by atoms with E-state index in [1.165, 1.54) is 0 Å². The van der Waals surface area contributed by atoms with E-state index in [9.17, 15) is 33.4 Å². The third-order valence-corrected chi connectivity index (χ3v) is 10.1. The lowest BCUT2D eigenvalue weighted by Gasteiger charge is -2.31. The summed E-state index contributed by atoms with van der Waals surface area (Å²) in [7, 11) is -3.75. The van der Waals surface area contributed by atoms with Gasteiger partial charge in [-0.25, -0.2) is 22.5 Å². The summed E-state index contributed by atoms with van der Waals surface area (Å²) in [4.78, 5) is 90.9. The average Bonchev–Trinajstić information content (AvgIpc) is 3.25. The van der Waals surface area contributed by atoms with Crippen molar-refractivity contribution in [1.29, 1.82) is 0 Å². The van der Waals surface area contributed by atoms with E-state index in [0.29, 0.717) is 32.3 Å². The van der Waals surface area contributed by atoms with Crippen LogP contribution in [0.3, 0.4) is 0 Å². The Hall–Kier alpha value is -3.18. The molecular weight excluding hydrogens is 849 g/mol. The van der Waals surface area contributed by atoms with E-state index in [1.807, 2.05) is 0 Å². The predicted octanol–water partition coefficient (Wildman–Crippen LogP) is -3.62. The first-order valence-corrected chi connectivity index (χ1v) is 22.3. The summed E-state index contributed by atoms with van der Waals surface area (Å²) in [6, 6.07) is -2.11. The van der Waals surface area contributed by atoms with Gasteiger partial charge in [-0.2, -0.15) is 0 Å². The number of hydrogen-bond donors (Lipinski definition) is 9. The molecule has 6 amide bonds. The van der Waals surface area contributed by atoms with Crippen LogP contribution in [0.1, 0.15) is 32.6 Å². The zero-order valence-corrected chi connectivity index (χ0v) is 36.6. The number of carbonyl (C=O) groups excluding carboxylic acids is 5. The van der Waals surface area contributed by atoms with E-state index in [4.69, 9.17) is 50.6 Å². The Kier molecular flexibility index (Phi) is 34.1. The highest BCUT2D eigenvalue weighted by molar-refractivity contribution is 7.52. The number of nitrogens with one attached hydrogen (secondary N) is 5. The van der Waals surface area contributed by atoms with Crippen LogP contribution >= 0.6 is 7.60 Å². The van der Waals surface area contributed by atoms with Crippen molar-refractivity contribution in [1.82, 2.24) is 31.5 Å². The molecule has 62 heavy (non-hydrogen) atoms. The summed E-state index contributed by atoms with van der Waals surface area (Å²) in [5.41, 5.74) is 0. The molecule has 0 aromatic rings. The van der Waals surface area contributed by atoms with Gasteiger partial charge in [0.1, 0.15) is 19.1 Å². The van der Waals surface area contributed by atoms with Gasteiger partial charge in [-0.3, -0.25) is 23.7 Å². The maximum atomic E-state index is 14.2. The molecule has 12 N–H and O–H groups in total. The molecule has 362 valence electrons. The van der Waals surface area contributed by atoms with Crippen molar-refractivity contribution in [2.45, 2.75) is 44.8 Å². The van der Waals surface area contributed by atoms with Crippen LogP contribution in [0.2, 0.25) is 0 Å². The van der Waals surface area contributed by atoms with Gasteiger partial charge in [0.15, 0.2) is 0 Å². The molecule has 0 heterocycles. The smallest absolute Gasteiger partial charge is 0.328 e. The van der Waals surface area contributed by atoms with Crippen LogP contribution in [-0.4, -0.2) is 196 Å². The van der Waals surface area contributed by atoms with E-state index in [2.05, 4.69) is 41.1 Å². The van der Waals surface area contributed by atoms with Crippen LogP contribution in [0.5, 0.6) is 0 Å². The third-order valence-electron chi connectivity index (χ3n) is 8.64. The average molecular weight is 920 g/mol. The fourth-order valence-corrected chi connectivity index (χ4v) is 6.25. The molecule has 2 unspecified atom stereocenters. The molecule has 1 aliphatic carbocycles. The van der Waals surface area contributed by atoms with Gasteiger partial charge in [0, 0.05) is 38.3 Å².